The molecule has 0 atom stereocenters. The van der Waals surface area contributed by atoms with Crippen LogP contribution in [-0.4, -0.2) is 22.7 Å². The van der Waals surface area contributed by atoms with Crippen LogP contribution in [0, 0.1) is 12.7 Å². The number of hydrogen-bond acceptors (Lipinski definition) is 3. The minimum absolute atomic E-state index is 0.294. The van der Waals surface area contributed by atoms with Gasteiger partial charge in [-0.25, -0.2) is 9.37 Å². The Morgan fingerprint density at radius 1 is 1.40 bits per heavy atom. The molecule has 0 aliphatic rings. The molecule has 0 radical (unpaired) electrons. The van der Waals surface area contributed by atoms with Crippen molar-refractivity contribution < 1.29 is 9.13 Å². The highest BCUT2D eigenvalue weighted by Gasteiger charge is 2.05. The summed E-state index contributed by atoms with van der Waals surface area (Å²) in [5.41, 5.74) is 0.919. The maximum Gasteiger partial charge on any atom is 0.165 e. The zero-order valence-electron chi connectivity index (χ0n) is 11.9. The summed E-state index contributed by atoms with van der Waals surface area (Å²) in [6, 6.07) is 5.08. The topological polar surface area (TPSA) is 39.1 Å². The lowest BCUT2D eigenvalue weighted by Gasteiger charge is -2.10. The largest absolute Gasteiger partial charge is 0.489 e. The molecule has 108 valence electrons. The molecule has 0 aliphatic carbocycles. The van der Waals surface area contributed by atoms with Crippen LogP contribution in [-0.2, 0) is 13.1 Å². The Bertz CT molecular complexity index is 554. The monoisotopic (exact) mass is 277 g/mol. The number of imidazole rings is 1. The molecule has 2 aromatic rings. The molecule has 1 N–H and O–H groups in total. The van der Waals surface area contributed by atoms with Crippen LogP contribution in [0.2, 0.25) is 0 Å². The lowest BCUT2D eigenvalue weighted by atomic mass is 10.2. The van der Waals surface area contributed by atoms with E-state index >= 15 is 0 Å². The third kappa shape index (κ3) is 3.81. The first-order chi connectivity index (χ1) is 9.70. The highest BCUT2D eigenvalue weighted by atomic mass is 19.1. The number of nitrogens with one attached hydrogen (secondary N) is 1. The highest BCUT2D eigenvalue weighted by Crippen LogP contribution is 2.18. The Morgan fingerprint density at radius 2 is 2.25 bits per heavy atom. The predicted molar refractivity (Wildman–Crippen MR) is 76.2 cm³/mol. The Labute approximate surface area is 118 Å². The molecular weight excluding hydrogens is 257 g/mol. The Balaban J connectivity index is 1.88. The number of halogens is 1. The molecule has 1 aromatic heterocycles. The number of rotatable bonds is 7. The molecule has 0 spiro atoms. The van der Waals surface area contributed by atoms with Gasteiger partial charge >= 0.3 is 0 Å². The van der Waals surface area contributed by atoms with E-state index in [0.717, 1.165) is 17.9 Å². The molecule has 20 heavy (non-hydrogen) atoms. The van der Waals surface area contributed by atoms with Crippen LogP contribution in [0.5, 0.6) is 5.75 Å². The van der Waals surface area contributed by atoms with Crippen LogP contribution in [0.3, 0.4) is 0 Å². The van der Waals surface area contributed by atoms with E-state index in [2.05, 4.69) is 10.3 Å². The van der Waals surface area contributed by atoms with Gasteiger partial charge < -0.3 is 14.6 Å². The normalized spacial score (nSPS) is 10.8. The summed E-state index contributed by atoms with van der Waals surface area (Å²) < 4.78 is 21.3. The van der Waals surface area contributed by atoms with Gasteiger partial charge in [-0.3, -0.25) is 0 Å². The first kappa shape index (κ1) is 14.5. The summed E-state index contributed by atoms with van der Waals surface area (Å²) in [4.78, 5) is 4.13. The molecule has 2 rings (SSSR count). The van der Waals surface area contributed by atoms with Gasteiger partial charge in [0.2, 0.25) is 0 Å². The van der Waals surface area contributed by atoms with Gasteiger partial charge in [0.15, 0.2) is 11.6 Å². The molecule has 0 fully saturated rings. The van der Waals surface area contributed by atoms with E-state index in [0.29, 0.717) is 25.4 Å². The van der Waals surface area contributed by atoms with E-state index in [-0.39, 0.29) is 5.82 Å². The second-order valence-electron chi connectivity index (χ2n) is 4.56. The third-order valence-electron chi connectivity index (χ3n) is 3.09. The van der Waals surface area contributed by atoms with Crippen molar-refractivity contribution in [2.45, 2.75) is 26.9 Å². The zero-order chi connectivity index (χ0) is 14.4. The highest BCUT2D eigenvalue weighted by molar-refractivity contribution is 5.29. The van der Waals surface area contributed by atoms with Crippen molar-refractivity contribution in [3.05, 3.63) is 47.8 Å². The van der Waals surface area contributed by atoms with E-state index in [1.54, 1.807) is 12.3 Å². The fraction of sp³-hybridized carbons (Fsp3) is 0.400. The number of benzene rings is 1. The molecule has 0 saturated carbocycles. The number of hydrogen-bond donors (Lipinski definition) is 1. The van der Waals surface area contributed by atoms with Gasteiger partial charge in [-0.05, 0) is 31.2 Å². The van der Waals surface area contributed by atoms with Gasteiger partial charge in [-0.1, -0.05) is 13.0 Å². The molecule has 0 aliphatic heterocycles. The van der Waals surface area contributed by atoms with E-state index < -0.39 is 0 Å². The van der Waals surface area contributed by atoms with E-state index in [1.165, 1.54) is 6.07 Å². The first-order valence-corrected chi connectivity index (χ1v) is 6.80. The second-order valence-corrected chi connectivity index (χ2v) is 4.56. The van der Waals surface area contributed by atoms with Crippen molar-refractivity contribution >= 4 is 0 Å². The summed E-state index contributed by atoms with van der Waals surface area (Å²) in [6.45, 7) is 6.55. The van der Waals surface area contributed by atoms with Crippen molar-refractivity contribution in [2.75, 3.05) is 13.2 Å². The minimum Gasteiger partial charge on any atom is -0.489 e. The number of ether oxygens (including phenoxy) is 1. The fourth-order valence-electron chi connectivity index (χ4n) is 1.93. The molecule has 1 aromatic carbocycles. The molecule has 0 bridgehead atoms. The van der Waals surface area contributed by atoms with Crippen molar-refractivity contribution in [2.24, 2.45) is 0 Å². The lowest BCUT2D eigenvalue weighted by Crippen LogP contribution is -2.12. The van der Waals surface area contributed by atoms with E-state index in [1.807, 2.05) is 30.7 Å². The average Bonchev–Trinajstić information content (AvgIpc) is 2.84. The zero-order valence-corrected chi connectivity index (χ0v) is 11.9. The van der Waals surface area contributed by atoms with Crippen LogP contribution in [0.25, 0.3) is 0 Å². The first-order valence-electron chi connectivity index (χ1n) is 6.80. The standard InChI is InChI=1S/C15H20FN3O/c1-3-17-11-13-4-5-15(14(16)10-13)20-9-8-19-7-6-18-12(19)2/h4-7,10,17H,3,8-9,11H2,1-2H3. The summed E-state index contributed by atoms with van der Waals surface area (Å²) in [7, 11) is 0. The quantitative estimate of drug-likeness (QED) is 0.845. The molecule has 0 saturated heterocycles. The number of aromatic nitrogens is 2. The Kier molecular flexibility index (Phi) is 5.12. The molecule has 1 heterocycles. The summed E-state index contributed by atoms with van der Waals surface area (Å²) in [5, 5.41) is 3.16. The van der Waals surface area contributed by atoms with Gasteiger partial charge in [0, 0.05) is 18.9 Å². The van der Waals surface area contributed by atoms with Crippen molar-refractivity contribution in [1.82, 2.24) is 14.9 Å². The average molecular weight is 277 g/mol. The summed E-state index contributed by atoms with van der Waals surface area (Å²) in [6.07, 6.45) is 3.63. The Morgan fingerprint density at radius 3 is 2.90 bits per heavy atom. The SMILES string of the molecule is CCNCc1ccc(OCCn2ccnc2C)c(F)c1. The van der Waals surface area contributed by atoms with E-state index in [9.17, 15) is 4.39 Å². The van der Waals surface area contributed by atoms with Crippen LogP contribution in [0.4, 0.5) is 4.39 Å². The van der Waals surface area contributed by atoms with Gasteiger partial charge in [-0.15, -0.1) is 0 Å². The van der Waals surface area contributed by atoms with Crippen LogP contribution < -0.4 is 10.1 Å². The molecule has 0 unspecified atom stereocenters. The van der Waals surface area contributed by atoms with Crippen LogP contribution in [0.15, 0.2) is 30.6 Å². The molecule has 5 heteroatoms. The maximum atomic E-state index is 13.9. The van der Waals surface area contributed by atoms with Crippen molar-refractivity contribution in [3.63, 3.8) is 0 Å². The number of nitrogens with zero attached hydrogens (tertiary/aromatic N) is 2. The van der Waals surface area contributed by atoms with Crippen LogP contribution >= 0.6 is 0 Å². The third-order valence-corrected chi connectivity index (χ3v) is 3.09. The predicted octanol–water partition coefficient (Wildman–Crippen LogP) is 2.52. The van der Waals surface area contributed by atoms with E-state index in [4.69, 9.17) is 4.74 Å². The molecule has 4 nitrogen and oxygen atoms in total. The molecule has 0 amide bonds. The maximum absolute atomic E-state index is 13.9. The minimum atomic E-state index is -0.317. The summed E-state index contributed by atoms with van der Waals surface area (Å²) >= 11 is 0. The van der Waals surface area contributed by atoms with Crippen LogP contribution in [0.1, 0.15) is 18.3 Å². The summed E-state index contributed by atoms with van der Waals surface area (Å²) in [5.74, 6) is 0.904. The lowest BCUT2D eigenvalue weighted by molar-refractivity contribution is 0.283. The number of aryl methyl sites for hydroxylation is 1. The van der Waals surface area contributed by atoms with Crippen molar-refractivity contribution in [1.29, 1.82) is 0 Å². The Hall–Kier alpha value is -1.88. The fourth-order valence-corrected chi connectivity index (χ4v) is 1.93. The van der Waals surface area contributed by atoms with Gasteiger partial charge in [0.1, 0.15) is 12.4 Å². The molecular formula is C15H20FN3O. The smallest absolute Gasteiger partial charge is 0.165 e. The van der Waals surface area contributed by atoms with Crippen molar-refractivity contribution in [3.8, 4) is 5.75 Å². The second kappa shape index (κ2) is 7.05. The van der Waals surface area contributed by atoms with Gasteiger partial charge in [-0.2, -0.15) is 0 Å². The van der Waals surface area contributed by atoms with Gasteiger partial charge in [0.25, 0.3) is 0 Å². The van der Waals surface area contributed by atoms with Gasteiger partial charge in [0.05, 0.1) is 6.54 Å².